The van der Waals surface area contributed by atoms with Crippen LogP contribution in [0.4, 0.5) is 5.69 Å². The lowest BCUT2D eigenvalue weighted by molar-refractivity contribution is -0.130. The zero-order valence-corrected chi connectivity index (χ0v) is 28.9. The highest BCUT2D eigenvalue weighted by Gasteiger charge is 2.30. The second-order valence-electron chi connectivity index (χ2n) is 13.8. The van der Waals surface area contributed by atoms with Gasteiger partial charge in [0.1, 0.15) is 11.7 Å². The first kappa shape index (κ1) is 34.8. The van der Waals surface area contributed by atoms with Crippen LogP contribution in [-0.4, -0.2) is 86.0 Å². The molecule has 1 aliphatic heterocycles. The lowest BCUT2D eigenvalue weighted by atomic mass is 9.81. The first-order valence-electron chi connectivity index (χ1n) is 17.4. The van der Waals surface area contributed by atoms with Crippen molar-refractivity contribution in [3.8, 4) is 22.5 Å². The third-order valence-corrected chi connectivity index (χ3v) is 9.82. The zero-order valence-electron chi connectivity index (χ0n) is 28.9. The maximum Gasteiger partial charge on any atom is 0.272 e. The van der Waals surface area contributed by atoms with Crippen LogP contribution < -0.4 is 21.7 Å². The second kappa shape index (κ2) is 15.7. The highest BCUT2D eigenvalue weighted by Crippen LogP contribution is 2.29. The number of carbonyl (C=O) groups is 3. The van der Waals surface area contributed by atoms with Crippen molar-refractivity contribution in [3.63, 3.8) is 0 Å². The molecule has 1 saturated heterocycles. The Morgan fingerprint density at radius 3 is 2.26 bits per heavy atom. The van der Waals surface area contributed by atoms with E-state index in [0.717, 1.165) is 53.5 Å². The van der Waals surface area contributed by atoms with Gasteiger partial charge in [0.15, 0.2) is 0 Å². The summed E-state index contributed by atoms with van der Waals surface area (Å²) in [5.41, 5.74) is 11.4. The predicted octanol–water partition coefficient (Wildman–Crippen LogP) is 3.49. The molecule has 3 amide bonds. The normalized spacial score (nSPS) is 21.3. The fourth-order valence-electron chi connectivity index (χ4n) is 7.06. The van der Waals surface area contributed by atoms with E-state index in [4.69, 9.17) is 5.73 Å². The molecule has 4 aromatic rings. The van der Waals surface area contributed by atoms with E-state index < -0.39 is 6.04 Å². The summed E-state index contributed by atoms with van der Waals surface area (Å²) in [6, 6.07) is 16.6. The maximum absolute atomic E-state index is 13.7. The molecule has 3 atom stereocenters. The van der Waals surface area contributed by atoms with Crippen molar-refractivity contribution in [1.82, 2.24) is 41.1 Å². The van der Waals surface area contributed by atoms with E-state index in [2.05, 4.69) is 55.4 Å². The Kier molecular flexibility index (Phi) is 10.9. The molecule has 0 bridgehead atoms. The lowest BCUT2D eigenvalue weighted by Crippen LogP contribution is -2.55. The number of aromatic amines is 1. The molecule has 1 aliphatic carbocycles. The van der Waals surface area contributed by atoms with Crippen molar-refractivity contribution in [1.29, 1.82) is 0 Å². The number of amides is 3. The third kappa shape index (κ3) is 8.40. The predicted molar refractivity (Wildman–Crippen MR) is 191 cm³/mol. The fraction of sp³-hybridized carbons (Fsp3) is 0.432. The summed E-state index contributed by atoms with van der Waals surface area (Å²) >= 11 is 0. The number of anilines is 1. The lowest BCUT2D eigenvalue weighted by Gasteiger charge is -2.36. The highest BCUT2D eigenvalue weighted by atomic mass is 16.2. The molecular formula is C37H46N10O3. The van der Waals surface area contributed by atoms with Gasteiger partial charge in [0.05, 0.1) is 0 Å². The van der Waals surface area contributed by atoms with Gasteiger partial charge in [-0.2, -0.15) is 5.21 Å². The number of piperazine rings is 1. The molecule has 50 heavy (non-hydrogen) atoms. The Morgan fingerprint density at radius 1 is 0.960 bits per heavy atom. The molecule has 6 rings (SSSR count). The number of carbonyl (C=O) groups excluding carboxylic acids is 3. The third-order valence-electron chi connectivity index (χ3n) is 9.82. The van der Waals surface area contributed by atoms with Crippen molar-refractivity contribution in [2.45, 2.75) is 71.0 Å². The van der Waals surface area contributed by atoms with Crippen LogP contribution in [0, 0.1) is 18.8 Å². The molecule has 13 heteroatoms. The van der Waals surface area contributed by atoms with Gasteiger partial charge in [-0.15, -0.1) is 10.2 Å². The molecule has 0 radical (unpaired) electrons. The van der Waals surface area contributed by atoms with Crippen LogP contribution in [0.15, 0.2) is 60.8 Å². The van der Waals surface area contributed by atoms with E-state index >= 15 is 0 Å². The standard InChI is InChI=1S/C37H46N10O3/c1-22-16-33(37(50)47-20-23(2)40-24(3)21-47)39-19-31(22)27-8-4-25(5-9-27)17-32(42-35(48)29-10-6-26(18-38)7-11-29)36(49)41-30-14-12-28(13-15-30)34-43-45-46-44-34/h4-5,8-9,12-16,19,23-24,26,29,32,40H,6-7,10-11,17-18,20-21,38H2,1-3H3,(H,41,49)(H,42,48)(H,43,44,45,46)/t23?,24?,26?,29?,32-/m0/s1. The molecule has 2 aromatic heterocycles. The zero-order chi connectivity index (χ0) is 35.2. The number of benzene rings is 2. The summed E-state index contributed by atoms with van der Waals surface area (Å²) in [6.07, 6.45) is 5.42. The van der Waals surface area contributed by atoms with Crippen LogP contribution >= 0.6 is 0 Å². The smallest absolute Gasteiger partial charge is 0.272 e. The van der Waals surface area contributed by atoms with Gasteiger partial charge >= 0.3 is 0 Å². The Balaban J connectivity index is 1.15. The number of hydrogen-bond acceptors (Lipinski definition) is 9. The fourth-order valence-corrected chi connectivity index (χ4v) is 7.06. The molecule has 2 unspecified atom stereocenters. The molecule has 2 aliphatic rings. The molecule has 3 heterocycles. The van der Waals surface area contributed by atoms with E-state index in [1.807, 2.05) is 42.2 Å². The minimum atomic E-state index is -0.790. The van der Waals surface area contributed by atoms with Crippen LogP contribution in [0.1, 0.15) is 61.1 Å². The highest BCUT2D eigenvalue weighted by molar-refractivity contribution is 5.98. The van der Waals surface area contributed by atoms with Crippen LogP contribution in [0.5, 0.6) is 0 Å². The first-order valence-corrected chi connectivity index (χ1v) is 17.4. The summed E-state index contributed by atoms with van der Waals surface area (Å²) in [6.45, 7) is 8.07. The van der Waals surface area contributed by atoms with Crippen molar-refractivity contribution in [2.75, 3.05) is 25.0 Å². The Morgan fingerprint density at radius 2 is 1.64 bits per heavy atom. The average molecular weight is 679 g/mol. The number of hydrogen-bond donors (Lipinski definition) is 5. The number of aromatic nitrogens is 5. The average Bonchev–Trinajstić information content (AvgIpc) is 3.67. The van der Waals surface area contributed by atoms with Crippen LogP contribution in [0.2, 0.25) is 0 Å². The van der Waals surface area contributed by atoms with Gasteiger partial charge in [0.25, 0.3) is 5.91 Å². The number of nitrogens with one attached hydrogen (secondary N) is 4. The SMILES string of the molecule is Cc1cc(C(=O)N2CC(C)NC(C)C2)ncc1-c1ccc(C[C@H](NC(=O)C2CCC(CN)CC2)C(=O)Nc2ccc(-c3nn[nH]n3)cc2)cc1. The number of pyridine rings is 1. The van der Waals surface area contributed by atoms with Gasteiger partial charge in [-0.3, -0.25) is 19.4 Å². The topological polar surface area (TPSA) is 184 Å². The molecular weight excluding hydrogens is 632 g/mol. The number of H-pyrrole nitrogens is 1. The maximum atomic E-state index is 13.7. The molecule has 13 nitrogen and oxygen atoms in total. The first-order chi connectivity index (χ1) is 24.2. The quantitative estimate of drug-likeness (QED) is 0.168. The van der Waals surface area contributed by atoms with Crippen molar-refractivity contribution in [2.24, 2.45) is 17.6 Å². The number of aryl methyl sites for hydroxylation is 1. The van der Waals surface area contributed by atoms with E-state index in [0.29, 0.717) is 49.2 Å². The summed E-state index contributed by atoms with van der Waals surface area (Å²) in [4.78, 5) is 46.8. The largest absolute Gasteiger partial charge is 0.344 e. The summed E-state index contributed by atoms with van der Waals surface area (Å²) < 4.78 is 0. The number of tetrazole rings is 1. The number of rotatable bonds is 10. The van der Waals surface area contributed by atoms with Gasteiger partial charge in [-0.05, 0) is 111 Å². The van der Waals surface area contributed by atoms with E-state index in [1.165, 1.54) is 0 Å². The minimum Gasteiger partial charge on any atom is -0.344 e. The Labute approximate surface area is 292 Å². The minimum absolute atomic E-state index is 0.0584. The number of nitrogens with zero attached hydrogens (tertiary/aromatic N) is 5. The van der Waals surface area contributed by atoms with Crippen LogP contribution in [0.25, 0.3) is 22.5 Å². The summed E-state index contributed by atoms with van der Waals surface area (Å²) in [5, 5.41) is 23.5. The molecule has 6 N–H and O–H groups in total. The van der Waals surface area contributed by atoms with Gasteiger partial charge in [0, 0.05) is 60.5 Å². The van der Waals surface area contributed by atoms with Crippen LogP contribution in [0.3, 0.4) is 0 Å². The van der Waals surface area contributed by atoms with E-state index in [9.17, 15) is 14.4 Å². The Hall–Kier alpha value is -5.01. The van der Waals surface area contributed by atoms with E-state index in [-0.39, 0.29) is 35.7 Å². The molecule has 1 saturated carbocycles. The van der Waals surface area contributed by atoms with E-state index in [1.54, 1.807) is 30.5 Å². The number of nitrogens with two attached hydrogens (primary N) is 1. The van der Waals surface area contributed by atoms with Gasteiger partial charge in [0.2, 0.25) is 17.6 Å². The Bertz CT molecular complexity index is 1760. The summed E-state index contributed by atoms with van der Waals surface area (Å²) in [5.74, 6) is 0.285. The monoisotopic (exact) mass is 678 g/mol. The molecule has 0 spiro atoms. The van der Waals surface area contributed by atoms with Crippen LogP contribution in [-0.2, 0) is 16.0 Å². The molecule has 2 aromatic carbocycles. The second-order valence-corrected chi connectivity index (χ2v) is 13.8. The van der Waals surface area contributed by atoms with Gasteiger partial charge in [-0.25, -0.2) is 0 Å². The van der Waals surface area contributed by atoms with Gasteiger partial charge in [-0.1, -0.05) is 24.3 Å². The van der Waals surface area contributed by atoms with Crippen molar-refractivity contribution < 1.29 is 14.4 Å². The molecule has 2 fully saturated rings. The van der Waals surface area contributed by atoms with Gasteiger partial charge < -0.3 is 26.6 Å². The van der Waals surface area contributed by atoms with Crippen molar-refractivity contribution in [3.05, 3.63) is 77.6 Å². The van der Waals surface area contributed by atoms with Crippen molar-refractivity contribution >= 4 is 23.4 Å². The summed E-state index contributed by atoms with van der Waals surface area (Å²) in [7, 11) is 0. The molecule has 262 valence electrons.